The van der Waals surface area contributed by atoms with Crippen molar-refractivity contribution in [3.05, 3.63) is 30.3 Å². The van der Waals surface area contributed by atoms with E-state index in [9.17, 15) is 4.57 Å². The van der Waals surface area contributed by atoms with Gasteiger partial charge in [0.15, 0.2) is 0 Å². The summed E-state index contributed by atoms with van der Waals surface area (Å²) in [6.45, 7) is 0. The van der Waals surface area contributed by atoms with Crippen LogP contribution in [0.15, 0.2) is 30.3 Å². The van der Waals surface area contributed by atoms with Crippen LogP contribution in [0.25, 0.3) is 0 Å². The molecule has 0 amide bonds. The second-order valence-corrected chi connectivity index (χ2v) is 3.05. The van der Waals surface area contributed by atoms with Gasteiger partial charge in [-0.1, -0.05) is 18.2 Å². The zero-order valence-electron chi connectivity index (χ0n) is 6.44. The summed E-state index contributed by atoms with van der Waals surface area (Å²) >= 11 is 0. The summed E-state index contributed by atoms with van der Waals surface area (Å²) in [7, 11) is -4.59. The van der Waals surface area contributed by atoms with Crippen LogP contribution in [-0.2, 0) is 9.24 Å². The number of phenols is 1. The van der Waals surface area contributed by atoms with Gasteiger partial charge in [0.25, 0.3) is 0 Å². The second kappa shape index (κ2) is 5.69. The Labute approximate surface area is 74.2 Å². The van der Waals surface area contributed by atoms with Crippen LogP contribution in [0.3, 0.4) is 0 Å². The summed E-state index contributed by atoms with van der Waals surface area (Å²) in [5, 5.41) is 15.8. The van der Waals surface area contributed by atoms with Crippen LogP contribution in [0, 0.1) is 0 Å². The van der Waals surface area contributed by atoms with Gasteiger partial charge in [0.2, 0.25) is 0 Å². The first-order valence-corrected chi connectivity index (χ1v) is 4.61. The molecular formula is C6H9O6P. The quantitative estimate of drug-likeness (QED) is 0.311. The topological polar surface area (TPSA) is 107 Å². The normalized spacial score (nSPS) is 10.1. The van der Waals surface area contributed by atoms with Gasteiger partial charge in [-0.2, -0.15) is 0 Å². The van der Waals surface area contributed by atoms with Crippen LogP contribution in [0.5, 0.6) is 5.75 Å². The van der Waals surface area contributed by atoms with Crippen molar-refractivity contribution in [2.75, 3.05) is 0 Å². The summed E-state index contributed by atoms with van der Waals surface area (Å²) in [6, 6.07) is 8.71. The monoisotopic (exact) mass is 208 g/mol. The summed E-state index contributed by atoms with van der Waals surface area (Å²) in [4.78, 5) is 14.9. The van der Waals surface area contributed by atoms with E-state index in [0.29, 0.717) is 5.75 Å². The minimum absolute atomic E-state index is 0.322. The van der Waals surface area contributed by atoms with Gasteiger partial charge in [0, 0.05) is 0 Å². The first-order chi connectivity index (χ1) is 5.95. The molecule has 0 aliphatic carbocycles. The Morgan fingerprint density at radius 3 is 1.69 bits per heavy atom. The fourth-order valence-electron chi connectivity index (χ4n) is 0.428. The van der Waals surface area contributed by atoms with Gasteiger partial charge >= 0.3 is 7.82 Å². The van der Waals surface area contributed by atoms with Crippen LogP contribution in [-0.4, -0.2) is 20.2 Å². The van der Waals surface area contributed by atoms with Gasteiger partial charge < -0.3 is 14.9 Å². The smallest absolute Gasteiger partial charge is 0.496 e. The molecule has 0 saturated carbocycles. The van der Waals surface area contributed by atoms with Crippen molar-refractivity contribution in [2.24, 2.45) is 0 Å². The molecule has 1 rings (SSSR count). The maximum Gasteiger partial charge on any atom is 0.496 e. The molecule has 0 radical (unpaired) electrons. The van der Waals surface area contributed by atoms with Crippen molar-refractivity contribution in [1.29, 1.82) is 0 Å². The largest absolute Gasteiger partial charge is 0.508 e. The molecule has 0 atom stereocenters. The minimum atomic E-state index is -4.59. The van der Waals surface area contributed by atoms with Crippen molar-refractivity contribution < 1.29 is 29.4 Å². The van der Waals surface area contributed by atoms with Crippen LogP contribution in [0.1, 0.15) is 0 Å². The lowest BCUT2D eigenvalue weighted by atomic mass is 10.3. The lowest BCUT2D eigenvalue weighted by Crippen LogP contribution is -1.77. The van der Waals surface area contributed by atoms with E-state index >= 15 is 0 Å². The summed E-state index contributed by atoms with van der Waals surface area (Å²) < 4.78 is 11.8. The molecule has 0 saturated heterocycles. The highest BCUT2D eigenvalue weighted by Gasteiger charge is 2.10. The molecule has 0 spiro atoms. The highest BCUT2D eigenvalue weighted by molar-refractivity contribution is 7.46. The van der Waals surface area contributed by atoms with Crippen molar-refractivity contribution in [1.82, 2.24) is 0 Å². The third-order valence-corrected chi connectivity index (χ3v) is 1.08. The molecule has 7 heteroatoms. The number of para-hydroxylation sites is 1. The maximum absolute atomic E-state index is 9.22. The van der Waals surface area contributed by atoms with E-state index in [1.807, 2.05) is 6.07 Å². The Balaban J connectivity index is 0.000000226. The van der Waals surface area contributed by atoms with E-state index in [2.05, 4.69) is 4.67 Å². The van der Waals surface area contributed by atoms with Gasteiger partial charge in [-0.25, -0.2) is 9.82 Å². The minimum Gasteiger partial charge on any atom is -0.508 e. The van der Waals surface area contributed by atoms with E-state index in [1.165, 1.54) is 0 Å². The van der Waals surface area contributed by atoms with Crippen LogP contribution in [0.4, 0.5) is 0 Å². The molecule has 6 nitrogen and oxygen atoms in total. The summed E-state index contributed by atoms with van der Waals surface area (Å²) in [5.74, 6) is 0.322. The third kappa shape index (κ3) is 9.00. The van der Waals surface area contributed by atoms with Crippen molar-refractivity contribution in [2.45, 2.75) is 0 Å². The second-order valence-electron chi connectivity index (χ2n) is 1.91. The Bertz CT molecular complexity index is 268. The van der Waals surface area contributed by atoms with Gasteiger partial charge in [0.05, 0.1) is 0 Å². The van der Waals surface area contributed by atoms with E-state index in [4.69, 9.17) is 20.2 Å². The number of aromatic hydroxyl groups is 1. The molecule has 13 heavy (non-hydrogen) atoms. The first-order valence-electron chi connectivity index (χ1n) is 3.08. The lowest BCUT2D eigenvalue weighted by Gasteiger charge is -1.90. The molecule has 0 aromatic heterocycles. The third-order valence-electron chi connectivity index (χ3n) is 0.863. The molecule has 74 valence electrons. The Morgan fingerprint density at radius 2 is 1.54 bits per heavy atom. The first kappa shape index (κ1) is 12.1. The molecule has 0 unspecified atom stereocenters. The molecular weight excluding hydrogens is 199 g/mol. The van der Waals surface area contributed by atoms with Gasteiger partial charge in [-0.3, -0.25) is 0 Å². The lowest BCUT2D eigenvalue weighted by molar-refractivity contribution is -0.158. The molecule has 4 N–H and O–H groups in total. The molecule has 1 aromatic carbocycles. The molecule has 0 bridgehead atoms. The van der Waals surface area contributed by atoms with E-state index in [0.717, 1.165) is 0 Å². The average molecular weight is 208 g/mol. The van der Waals surface area contributed by atoms with Gasteiger partial charge in [0.1, 0.15) is 5.75 Å². The number of hydrogen-bond donors (Lipinski definition) is 4. The number of benzene rings is 1. The molecule has 0 aliphatic rings. The molecule has 1 aromatic rings. The number of phosphoric acid groups is 1. The zero-order chi connectivity index (χ0) is 10.3. The Hall–Kier alpha value is -0.910. The van der Waals surface area contributed by atoms with Crippen molar-refractivity contribution in [3.8, 4) is 5.75 Å². The molecule has 0 aliphatic heterocycles. The predicted octanol–water partition coefficient (Wildman–Crippen LogP) is 0.961. The fraction of sp³-hybridized carbons (Fsp3) is 0. The number of hydrogen-bond acceptors (Lipinski definition) is 4. The van der Waals surface area contributed by atoms with E-state index in [-0.39, 0.29) is 0 Å². The van der Waals surface area contributed by atoms with Crippen LogP contribution < -0.4 is 0 Å². The van der Waals surface area contributed by atoms with Gasteiger partial charge in [-0.15, -0.1) is 4.67 Å². The average Bonchev–Trinajstić information content (AvgIpc) is 2.06. The van der Waals surface area contributed by atoms with Gasteiger partial charge in [-0.05, 0) is 12.1 Å². The fourth-order valence-corrected chi connectivity index (χ4v) is 0.428. The standard InChI is InChI=1S/C6H6O.H3O5P/c7-6-4-2-1-3-5-6;1-5-6(2,3)4/h1-5,7H;1H,(H2,2,3,4). The van der Waals surface area contributed by atoms with Crippen LogP contribution in [0.2, 0.25) is 0 Å². The Kier molecular flexibility index (Phi) is 5.29. The molecule has 0 heterocycles. The van der Waals surface area contributed by atoms with Crippen LogP contribution >= 0.6 is 7.82 Å². The SMILES string of the molecule is O=P(O)(O)OO.Oc1ccccc1. The van der Waals surface area contributed by atoms with E-state index in [1.54, 1.807) is 24.3 Å². The van der Waals surface area contributed by atoms with E-state index < -0.39 is 7.82 Å². The maximum atomic E-state index is 9.22. The molecule has 0 fully saturated rings. The highest BCUT2D eigenvalue weighted by Crippen LogP contribution is 2.33. The number of phenolic OH excluding ortho intramolecular Hbond substituents is 1. The van der Waals surface area contributed by atoms with Crippen molar-refractivity contribution >= 4 is 7.82 Å². The predicted molar refractivity (Wildman–Crippen MR) is 43.9 cm³/mol. The highest BCUT2D eigenvalue weighted by atomic mass is 31.2. The zero-order valence-corrected chi connectivity index (χ0v) is 7.33. The van der Waals surface area contributed by atoms with Crippen molar-refractivity contribution in [3.63, 3.8) is 0 Å². The summed E-state index contributed by atoms with van der Waals surface area (Å²) in [6.07, 6.45) is 0. The number of rotatable bonds is 1. The summed E-state index contributed by atoms with van der Waals surface area (Å²) in [5.41, 5.74) is 0. The Morgan fingerprint density at radius 1 is 1.15 bits per heavy atom.